The molecule has 0 radical (unpaired) electrons. The van der Waals surface area contributed by atoms with Crippen molar-refractivity contribution in [3.63, 3.8) is 0 Å². The van der Waals surface area contributed by atoms with E-state index in [1.807, 2.05) is 6.07 Å². The Balaban J connectivity index is 2.10. The number of ether oxygens (including phenoxy) is 2. The fourth-order valence-electron chi connectivity index (χ4n) is 2.28. The molecule has 6 nitrogen and oxygen atoms in total. The van der Waals surface area contributed by atoms with E-state index >= 15 is 0 Å². The minimum absolute atomic E-state index is 0.0116. The van der Waals surface area contributed by atoms with Crippen LogP contribution in [0.3, 0.4) is 0 Å². The number of para-hydroxylation sites is 1. The van der Waals surface area contributed by atoms with Gasteiger partial charge in [-0.05, 0) is 42.7 Å². The normalized spacial score (nSPS) is 11.6. The van der Waals surface area contributed by atoms with Gasteiger partial charge in [0.2, 0.25) is 0 Å². The van der Waals surface area contributed by atoms with Gasteiger partial charge in [0.25, 0.3) is 0 Å². The van der Waals surface area contributed by atoms with Crippen LogP contribution >= 0.6 is 0 Å². The third kappa shape index (κ3) is 4.89. The maximum absolute atomic E-state index is 12.1. The summed E-state index contributed by atoms with van der Waals surface area (Å²) in [4.78, 5) is 12.1. The quantitative estimate of drug-likeness (QED) is 0.723. The lowest BCUT2D eigenvalue weighted by Gasteiger charge is -2.19. The molecule has 0 saturated heterocycles. The van der Waals surface area contributed by atoms with Crippen LogP contribution in [-0.4, -0.2) is 30.0 Å². The number of aromatic hydroxyl groups is 1. The molecule has 6 heteroatoms. The molecule has 0 fully saturated rings. The van der Waals surface area contributed by atoms with Crippen LogP contribution in [-0.2, 0) is 4.74 Å². The van der Waals surface area contributed by atoms with Gasteiger partial charge in [0.15, 0.2) is 11.5 Å². The fourth-order valence-corrected chi connectivity index (χ4v) is 2.28. The topological polar surface area (TPSA) is 88.0 Å². The summed E-state index contributed by atoms with van der Waals surface area (Å²) in [6.07, 6.45) is -0.280. The average Bonchev–Trinajstić information content (AvgIpc) is 2.59. The van der Waals surface area contributed by atoms with Gasteiger partial charge in [-0.2, -0.15) is 0 Å². The minimum atomic E-state index is -0.598. The van der Waals surface area contributed by atoms with Gasteiger partial charge in [-0.1, -0.05) is 24.3 Å². The first-order chi connectivity index (χ1) is 11.6. The SMILES string of the molecule is COc1ccc([C@H](CCCO)OC(=O)Nc2ccccc2)cc1O. The highest BCUT2D eigenvalue weighted by Gasteiger charge is 2.18. The van der Waals surface area contributed by atoms with Crippen LogP contribution in [0.4, 0.5) is 10.5 Å². The Kier molecular flexibility index (Phi) is 6.45. The zero-order valence-electron chi connectivity index (χ0n) is 13.4. The van der Waals surface area contributed by atoms with Crippen molar-refractivity contribution in [3.8, 4) is 11.5 Å². The molecule has 0 aliphatic rings. The van der Waals surface area contributed by atoms with E-state index < -0.39 is 12.2 Å². The number of aliphatic hydroxyl groups is 1. The first-order valence-corrected chi connectivity index (χ1v) is 7.64. The third-order valence-corrected chi connectivity index (χ3v) is 3.47. The van der Waals surface area contributed by atoms with Gasteiger partial charge in [-0.15, -0.1) is 0 Å². The maximum atomic E-state index is 12.1. The summed E-state index contributed by atoms with van der Waals surface area (Å²) in [5, 5.41) is 21.6. The number of aliphatic hydroxyl groups excluding tert-OH is 1. The van der Waals surface area contributed by atoms with Crippen molar-refractivity contribution in [2.24, 2.45) is 0 Å². The molecular weight excluding hydrogens is 310 g/mol. The average molecular weight is 331 g/mol. The van der Waals surface area contributed by atoms with Crippen LogP contribution in [0, 0.1) is 0 Å². The van der Waals surface area contributed by atoms with Gasteiger partial charge in [0, 0.05) is 12.3 Å². The molecule has 2 rings (SSSR count). The Labute approximate surface area is 140 Å². The van der Waals surface area contributed by atoms with Crippen molar-refractivity contribution in [3.05, 3.63) is 54.1 Å². The lowest BCUT2D eigenvalue weighted by atomic mass is 10.0. The highest BCUT2D eigenvalue weighted by Crippen LogP contribution is 2.32. The number of carbonyl (C=O) groups excluding carboxylic acids is 1. The molecule has 0 saturated carbocycles. The van der Waals surface area contributed by atoms with Crippen molar-refractivity contribution in [2.75, 3.05) is 19.0 Å². The summed E-state index contributed by atoms with van der Waals surface area (Å²) in [7, 11) is 1.46. The van der Waals surface area contributed by atoms with Crippen LogP contribution in [0.2, 0.25) is 0 Å². The van der Waals surface area contributed by atoms with E-state index in [9.17, 15) is 9.90 Å². The van der Waals surface area contributed by atoms with Crippen LogP contribution in [0.5, 0.6) is 11.5 Å². The molecule has 1 atom stereocenters. The summed E-state index contributed by atoms with van der Waals surface area (Å²) in [6.45, 7) is -0.0116. The van der Waals surface area contributed by atoms with Gasteiger partial charge in [0.05, 0.1) is 7.11 Å². The Morgan fingerprint density at radius 2 is 1.96 bits per heavy atom. The molecular formula is C18H21NO5. The lowest BCUT2D eigenvalue weighted by molar-refractivity contribution is 0.0993. The smallest absolute Gasteiger partial charge is 0.412 e. The molecule has 0 unspecified atom stereocenters. The van der Waals surface area contributed by atoms with Gasteiger partial charge in [-0.3, -0.25) is 5.32 Å². The van der Waals surface area contributed by atoms with Crippen LogP contribution < -0.4 is 10.1 Å². The van der Waals surface area contributed by atoms with Crippen LogP contribution in [0.25, 0.3) is 0 Å². The van der Waals surface area contributed by atoms with Gasteiger partial charge >= 0.3 is 6.09 Å². The van der Waals surface area contributed by atoms with E-state index in [1.54, 1.807) is 36.4 Å². The zero-order valence-corrected chi connectivity index (χ0v) is 13.4. The van der Waals surface area contributed by atoms with Gasteiger partial charge in [0.1, 0.15) is 6.10 Å². The lowest BCUT2D eigenvalue weighted by Crippen LogP contribution is -2.18. The number of rotatable bonds is 7. The summed E-state index contributed by atoms with van der Waals surface area (Å²) in [6, 6.07) is 13.8. The first kappa shape index (κ1) is 17.6. The molecule has 24 heavy (non-hydrogen) atoms. The van der Waals surface area contributed by atoms with E-state index in [0.717, 1.165) is 0 Å². The number of nitrogens with one attached hydrogen (secondary N) is 1. The second kappa shape index (κ2) is 8.79. The second-order valence-corrected chi connectivity index (χ2v) is 5.18. The van der Waals surface area contributed by atoms with Crippen molar-refractivity contribution in [2.45, 2.75) is 18.9 Å². The second-order valence-electron chi connectivity index (χ2n) is 5.18. The highest BCUT2D eigenvalue weighted by atomic mass is 16.6. The van der Waals surface area contributed by atoms with Crippen molar-refractivity contribution in [1.29, 1.82) is 0 Å². The standard InChI is InChI=1S/C18H21NO5/c1-23-17-10-9-13(12-15(17)21)16(8-5-11-20)24-18(22)19-14-6-3-2-4-7-14/h2-4,6-7,9-10,12,16,20-21H,5,8,11H2,1H3,(H,19,22)/t16-/m0/s1. The summed E-state index contributed by atoms with van der Waals surface area (Å²) in [5.41, 5.74) is 1.26. The van der Waals surface area contributed by atoms with Crippen molar-refractivity contribution >= 4 is 11.8 Å². The van der Waals surface area contributed by atoms with E-state index in [0.29, 0.717) is 29.8 Å². The molecule has 128 valence electrons. The van der Waals surface area contributed by atoms with E-state index in [4.69, 9.17) is 14.6 Å². The maximum Gasteiger partial charge on any atom is 0.412 e. The number of methoxy groups -OCH3 is 1. The largest absolute Gasteiger partial charge is 0.504 e. The molecule has 0 aliphatic heterocycles. The molecule has 2 aromatic rings. The number of amides is 1. The van der Waals surface area contributed by atoms with Crippen molar-refractivity contribution in [1.82, 2.24) is 0 Å². The number of phenols is 1. The molecule has 1 amide bonds. The first-order valence-electron chi connectivity index (χ1n) is 7.64. The van der Waals surface area contributed by atoms with E-state index in [-0.39, 0.29) is 12.4 Å². The molecule has 3 N–H and O–H groups in total. The molecule has 0 aromatic heterocycles. The predicted octanol–water partition coefficient (Wildman–Crippen LogP) is 3.46. The van der Waals surface area contributed by atoms with Crippen molar-refractivity contribution < 1.29 is 24.5 Å². The monoisotopic (exact) mass is 331 g/mol. The van der Waals surface area contributed by atoms with Gasteiger partial charge < -0.3 is 19.7 Å². The molecule has 0 heterocycles. The summed E-state index contributed by atoms with van der Waals surface area (Å²) >= 11 is 0. The number of hydrogen-bond donors (Lipinski definition) is 3. The Morgan fingerprint density at radius 3 is 2.58 bits per heavy atom. The number of hydrogen-bond acceptors (Lipinski definition) is 5. The highest BCUT2D eigenvalue weighted by molar-refractivity contribution is 5.84. The number of benzene rings is 2. The number of phenolic OH excluding ortho intramolecular Hbond substituents is 1. The minimum Gasteiger partial charge on any atom is -0.504 e. The number of carbonyl (C=O) groups is 1. The van der Waals surface area contributed by atoms with E-state index in [1.165, 1.54) is 13.2 Å². The Bertz CT molecular complexity index is 660. The third-order valence-electron chi connectivity index (χ3n) is 3.47. The number of anilines is 1. The van der Waals surface area contributed by atoms with E-state index in [2.05, 4.69) is 5.32 Å². The van der Waals surface area contributed by atoms with Crippen LogP contribution in [0.1, 0.15) is 24.5 Å². The Hall–Kier alpha value is -2.73. The fraction of sp³-hybridized carbons (Fsp3) is 0.278. The summed E-state index contributed by atoms with van der Waals surface area (Å²) in [5.74, 6) is 0.310. The molecule has 0 bridgehead atoms. The molecule has 2 aromatic carbocycles. The van der Waals surface area contributed by atoms with Gasteiger partial charge in [-0.25, -0.2) is 4.79 Å². The molecule has 0 spiro atoms. The predicted molar refractivity (Wildman–Crippen MR) is 90.3 cm³/mol. The Morgan fingerprint density at radius 1 is 1.21 bits per heavy atom. The molecule has 0 aliphatic carbocycles. The van der Waals surface area contributed by atoms with Crippen LogP contribution in [0.15, 0.2) is 48.5 Å². The zero-order chi connectivity index (χ0) is 17.4. The summed E-state index contributed by atoms with van der Waals surface area (Å²) < 4.78 is 10.5.